The van der Waals surface area contributed by atoms with Crippen molar-refractivity contribution in [1.29, 1.82) is 0 Å². The van der Waals surface area contributed by atoms with Crippen molar-refractivity contribution in [3.05, 3.63) is 69.3 Å². The fourth-order valence-corrected chi connectivity index (χ4v) is 2.47. The molecule has 2 rings (SSSR count). The summed E-state index contributed by atoms with van der Waals surface area (Å²) in [4.78, 5) is 33.3. The van der Waals surface area contributed by atoms with Gasteiger partial charge in [0.15, 0.2) is 12.4 Å². The third kappa shape index (κ3) is 4.89. The molecule has 136 valence electrons. The van der Waals surface area contributed by atoms with Crippen LogP contribution in [0.4, 0.5) is 5.69 Å². The van der Waals surface area contributed by atoms with Crippen LogP contribution in [-0.2, 0) is 4.79 Å². The minimum atomic E-state index is -0.651. The van der Waals surface area contributed by atoms with Gasteiger partial charge in [-0.3, -0.25) is 19.7 Å². The molecule has 7 heteroatoms. The van der Waals surface area contributed by atoms with Crippen molar-refractivity contribution in [3.63, 3.8) is 0 Å². The zero-order chi connectivity index (χ0) is 19.1. The molecule has 0 aromatic heterocycles. The van der Waals surface area contributed by atoms with Gasteiger partial charge in [0.2, 0.25) is 0 Å². The van der Waals surface area contributed by atoms with Crippen LogP contribution in [0.15, 0.2) is 42.5 Å². The number of hydrogen-bond acceptors (Lipinski definition) is 5. The molecule has 0 fully saturated rings. The summed E-state index contributed by atoms with van der Waals surface area (Å²) in [6.45, 7) is 3.58. The zero-order valence-electron chi connectivity index (χ0n) is 14.6. The number of carbonyl (C=O) groups excluding carboxylic acids is 2. The van der Waals surface area contributed by atoms with E-state index in [0.717, 1.165) is 17.2 Å². The third-order valence-electron chi connectivity index (χ3n) is 3.90. The Morgan fingerprint density at radius 1 is 1.27 bits per heavy atom. The average molecular weight is 356 g/mol. The molecule has 1 N–H and O–H groups in total. The molecule has 0 aliphatic heterocycles. The van der Waals surface area contributed by atoms with Crippen molar-refractivity contribution in [2.75, 3.05) is 6.61 Å². The van der Waals surface area contributed by atoms with Crippen molar-refractivity contribution >= 4 is 17.9 Å². The maximum absolute atomic E-state index is 12.2. The van der Waals surface area contributed by atoms with E-state index in [4.69, 9.17) is 4.74 Å². The van der Waals surface area contributed by atoms with Crippen LogP contribution < -0.4 is 10.1 Å². The Bertz CT molecular complexity index is 802. The first-order valence-electron chi connectivity index (χ1n) is 8.17. The van der Waals surface area contributed by atoms with Crippen LogP contribution in [0.2, 0.25) is 0 Å². The van der Waals surface area contributed by atoms with E-state index >= 15 is 0 Å². The number of nitro benzene ring substituents is 1. The number of amides is 1. The Labute approximate surface area is 151 Å². The summed E-state index contributed by atoms with van der Waals surface area (Å²) in [6.07, 6.45) is 1.21. The standard InChI is InChI=1S/C19H20N2O5/c1-3-16(15-7-4-13(2)5-8-15)20-19(23)12-26-18-9-6-14(11-22)10-17(18)21(24)25/h4-11,16H,3,12H2,1-2H3,(H,20,23)/t16-/m0/s1. The summed E-state index contributed by atoms with van der Waals surface area (Å²) in [6, 6.07) is 11.5. The Hall–Kier alpha value is -3.22. The van der Waals surface area contributed by atoms with E-state index in [-0.39, 0.29) is 35.6 Å². The predicted molar refractivity (Wildman–Crippen MR) is 96.3 cm³/mol. The van der Waals surface area contributed by atoms with Crippen molar-refractivity contribution < 1.29 is 19.2 Å². The molecular weight excluding hydrogens is 336 g/mol. The summed E-state index contributed by atoms with van der Waals surface area (Å²) < 4.78 is 5.29. The first-order chi connectivity index (χ1) is 12.4. The summed E-state index contributed by atoms with van der Waals surface area (Å²) in [7, 11) is 0. The van der Waals surface area contributed by atoms with E-state index in [0.29, 0.717) is 12.7 Å². The molecule has 0 aliphatic rings. The quantitative estimate of drug-likeness (QED) is 0.444. The number of rotatable bonds is 8. The summed E-state index contributed by atoms with van der Waals surface area (Å²) in [5, 5.41) is 13.9. The number of aldehydes is 1. The highest BCUT2D eigenvalue weighted by Gasteiger charge is 2.18. The van der Waals surface area contributed by atoms with Gasteiger partial charge >= 0.3 is 5.69 Å². The molecule has 1 atom stereocenters. The third-order valence-corrected chi connectivity index (χ3v) is 3.90. The number of aryl methyl sites for hydroxylation is 1. The average Bonchev–Trinajstić information content (AvgIpc) is 2.65. The van der Waals surface area contributed by atoms with Crippen LogP contribution in [0.5, 0.6) is 5.75 Å². The highest BCUT2D eigenvalue weighted by atomic mass is 16.6. The molecule has 7 nitrogen and oxygen atoms in total. The zero-order valence-corrected chi connectivity index (χ0v) is 14.6. The minimum absolute atomic E-state index is 0.0564. The van der Waals surface area contributed by atoms with Crippen LogP contribution in [0.25, 0.3) is 0 Å². The molecule has 0 bridgehead atoms. The Morgan fingerprint density at radius 3 is 2.54 bits per heavy atom. The first-order valence-corrected chi connectivity index (χ1v) is 8.17. The second kappa shape index (κ2) is 8.75. The largest absolute Gasteiger partial charge is 0.477 e. The van der Waals surface area contributed by atoms with Gasteiger partial charge in [-0.15, -0.1) is 0 Å². The molecule has 0 unspecified atom stereocenters. The van der Waals surface area contributed by atoms with E-state index in [1.165, 1.54) is 12.1 Å². The molecule has 2 aromatic rings. The van der Waals surface area contributed by atoms with E-state index in [9.17, 15) is 19.7 Å². The molecule has 1 amide bonds. The fraction of sp³-hybridized carbons (Fsp3) is 0.263. The maximum Gasteiger partial charge on any atom is 0.311 e. The summed E-state index contributed by atoms with van der Waals surface area (Å²) >= 11 is 0. The normalized spacial score (nSPS) is 11.5. The molecule has 2 aromatic carbocycles. The molecule has 0 heterocycles. The Balaban J connectivity index is 2.03. The van der Waals surface area contributed by atoms with Crippen LogP contribution >= 0.6 is 0 Å². The highest BCUT2D eigenvalue weighted by Crippen LogP contribution is 2.27. The number of carbonyl (C=O) groups is 2. The lowest BCUT2D eigenvalue weighted by molar-refractivity contribution is -0.385. The molecular formula is C19H20N2O5. The van der Waals surface area contributed by atoms with Crippen LogP contribution in [0.1, 0.15) is 40.9 Å². The Morgan fingerprint density at radius 2 is 1.96 bits per heavy atom. The summed E-state index contributed by atoms with van der Waals surface area (Å²) in [5.74, 6) is -0.440. The fourth-order valence-electron chi connectivity index (χ4n) is 2.47. The number of benzene rings is 2. The maximum atomic E-state index is 12.2. The summed E-state index contributed by atoms with van der Waals surface area (Å²) in [5.41, 5.74) is 1.92. The molecule has 0 saturated heterocycles. The van der Waals surface area contributed by atoms with Crippen LogP contribution in [0, 0.1) is 17.0 Å². The minimum Gasteiger partial charge on any atom is -0.477 e. The number of nitro groups is 1. The van der Waals surface area contributed by atoms with Gasteiger partial charge in [0.25, 0.3) is 5.91 Å². The molecule has 0 radical (unpaired) electrons. The lowest BCUT2D eigenvalue weighted by atomic mass is 10.0. The van der Waals surface area contributed by atoms with Gasteiger partial charge < -0.3 is 10.1 Å². The topological polar surface area (TPSA) is 98.5 Å². The SMILES string of the molecule is CC[C@H](NC(=O)COc1ccc(C=O)cc1[N+](=O)[O-])c1ccc(C)cc1. The van der Waals surface area contributed by atoms with Crippen molar-refractivity contribution in [1.82, 2.24) is 5.32 Å². The van der Waals surface area contributed by atoms with Gasteiger partial charge in [-0.05, 0) is 31.0 Å². The predicted octanol–water partition coefficient (Wildman–Crippen LogP) is 3.36. The molecule has 0 spiro atoms. The van der Waals surface area contributed by atoms with Gasteiger partial charge in [0.1, 0.15) is 6.29 Å². The van der Waals surface area contributed by atoms with Crippen LogP contribution in [-0.4, -0.2) is 23.7 Å². The van der Waals surface area contributed by atoms with E-state index in [1.807, 2.05) is 38.1 Å². The van der Waals surface area contributed by atoms with Gasteiger partial charge in [-0.2, -0.15) is 0 Å². The van der Waals surface area contributed by atoms with Gasteiger partial charge in [-0.1, -0.05) is 36.8 Å². The second-order valence-corrected chi connectivity index (χ2v) is 5.83. The number of nitrogens with one attached hydrogen (secondary N) is 1. The number of hydrogen-bond donors (Lipinski definition) is 1. The molecule has 26 heavy (non-hydrogen) atoms. The monoisotopic (exact) mass is 356 g/mol. The van der Waals surface area contributed by atoms with Gasteiger partial charge in [0.05, 0.1) is 11.0 Å². The van der Waals surface area contributed by atoms with Crippen molar-refractivity contribution in [2.45, 2.75) is 26.3 Å². The highest BCUT2D eigenvalue weighted by molar-refractivity contribution is 5.79. The first kappa shape index (κ1) is 19.1. The Kier molecular flexibility index (Phi) is 6.43. The lowest BCUT2D eigenvalue weighted by Crippen LogP contribution is -2.32. The molecule has 0 aliphatic carbocycles. The second-order valence-electron chi connectivity index (χ2n) is 5.83. The van der Waals surface area contributed by atoms with Crippen LogP contribution in [0.3, 0.4) is 0 Å². The van der Waals surface area contributed by atoms with Crippen molar-refractivity contribution in [3.8, 4) is 5.75 Å². The molecule has 0 saturated carbocycles. The number of ether oxygens (including phenoxy) is 1. The van der Waals surface area contributed by atoms with E-state index < -0.39 is 4.92 Å². The van der Waals surface area contributed by atoms with E-state index in [1.54, 1.807) is 0 Å². The van der Waals surface area contributed by atoms with Gasteiger partial charge in [-0.25, -0.2) is 0 Å². The number of nitrogens with zero attached hydrogens (tertiary/aromatic N) is 1. The lowest BCUT2D eigenvalue weighted by Gasteiger charge is -2.18. The van der Waals surface area contributed by atoms with Gasteiger partial charge in [0, 0.05) is 11.6 Å². The van der Waals surface area contributed by atoms with E-state index in [2.05, 4.69) is 5.32 Å². The smallest absolute Gasteiger partial charge is 0.311 e. The van der Waals surface area contributed by atoms with Crippen molar-refractivity contribution in [2.24, 2.45) is 0 Å².